The maximum absolute atomic E-state index is 4.87. The number of nitrogens with zero attached hydrogens (tertiary/aromatic N) is 2. The molecule has 0 saturated heterocycles. The third-order valence-electron chi connectivity index (χ3n) is 5.74. The maximum Gasteiger partial charge on any atom is 0.117 e. The minimum absolute atomic E-state index is 0.957. The van der Waals surface area contributed by atoms with Crippen molar-refractivity contribution in [1.29, 1.82) is 0 Å². The molecule has 0 fully saturated rings. The van der Waals surface area contributed by atoms with Crippen LogP contribution >= 0.6 is 39.0 Å². The van der Waals surface area contributed by atoms with Gasteiger partial charge in [0.1, 0.15) is 5.52 Å². The molecule has 7 rings (SSSR count). The van der Waals surface area contributed by atoms with Crippen LogP contribution in [-0.4, -0.2) is 13.7 Å². The van der Waals surface area contributed by atoms with Gasteiger partial charge in [0.25, 0.3) is 0 Å². The molecule has 4 aromatic carbocycles. The molecule has 3 nitrogen and oxygen atoms in total. The molecular formula is C24H12BrN3S2. The molecule has 0 spiro atoms. The van der Waals surface area contributed by atoms with E-state index in [0.29, 0.717) is 0 Å². The van der Waals surface area contributed by atoms with E-state index in [1.54, 1.807) is 0 Å². The van der Waals surface area contributed by atoms with Crippen molar-refractivity contribution < 1.29 is 0 Å². The van der Waals surface area contributed by atoms with Crippen LogP contribution in [0.25, 0.3) is 64.1 Å². The van der Waals surface area contributed by atoms with Crippen molar-refractivity contribution in [1.82, 2.24) is 13.7 Å². The number of halogens is 1. The van der Waals surface area contributed by atoms with E-state index in [-0.39, 0.29) is 0 Å². The van der Waals surface area contributed by atoms with E-state index in [1.165, 1.54) is 43.0 Å². The summed E-state index contributed by atoms with van der Waals surface area (Å²) >= 11 is 6.87. The minimum atomic E-state index is 0.957. The quantitative estimate of drug-likeness (QED) is 0.255. The van der Waals surface area contributed by atoms with E-state index in [9.17, 15) is 0 Å². The summed E-state index contributed by atoms with van der Waals surface area (Å²) in [5.74, 6) is 0. The molecule has 30 heavy (non-hydrogen) atoms. The standard InChI is InChI=1S/C24H12BrN3S2/c25-17-11-19-21(23-22(17)27-30-28-23)16-10-12(8-9-18(16)26-19)13-5-3-6-15-14-4-1-2-7-20(14)29-24(13)15/h1-11,28H. The zero-order chi connectivity index (χ0) is 19.8. The minimum Gasteiger partial charge on any atom is -0.293 e. The van der Waals surface area contributed by atoms with Gasteiger partial charge in [0.15, 0.2) is 0 Å². The first-order valence-electron chi connectivity index (χ1n) is 9.54. The van der Waals surface area contributed by atoms with Gasteiger partial charge in [-0.25, -0.2) is 4.98 Å². The fourth-order valence-corrected chi connectivity index (χ4v) is 6.87. The highest BCUT2D eigenvalue weighted by Gasteiger charge is 2.16. The molecule has 7 aromatic rings. The van der Waals surface area contributed by atoms with Crippen LogP contribution in [0.5, 0.6) is 0 Å². The number of benzene rings is 4. The van der Waals surface area contributed by atoms with Crippen molar-refractivity contribution in [3.63, 3.8) is 0 Å². The first-order chi connectivity index (χ1) is 14.8. The van der Waals surface area contributed by atoms with Crippen LogP contribution in [0.3, 0.4) is 0 Å². The monoisotopic (exact) mass is 485 g/mol. The number of aromatic nitrogens is 3. The van der Waals surface area contributed by atoms with Gasteiger partial charge in [-0.1, -0.05) is 42.5 Å². The topological polar surface area (TPSA) is 41.6 Å². The second kappa shape index (κ2) is 6.11. The molecule has 0 aliphatic heterocycles. The summed E-state index contributed by atoms with van der Waals surface area (Å²) in [4.78, 5) is 4.87. The Hall–Kier alpha value is -2.80. The Morgan fingerprint density at radius 3 is 2.70 bits per heavy atom. The second-order valence-electron chi connectivity index (χ2n) is 7.38. The van der Waals surface area contributed by atoms with Gasteiger partial charge in [0, 0.05) is 47.1 Å². The van der Waals surface area contributed by atoms with Crippen LogP contribution in [0.15, 0.2) is 71.2 Å². The zero-order valence-corrected chi connectivity index (χ0v) is 18.7. The van der Waals surface area contributed by atoms with Gasteiger partial charge in [0.05, 0.1) is 16.6 Å². The SMILES string of the molecule is Brc1cc2nc3ccc(-c4cccc5c4sc4ccccc45)cc3c2c2[nH]snc12. The van der Waals surface area contributed by atoms with E-state index in [2.05, 4.69) is 91.4 Å². The van der Waals surface area contributed by atoms with E-state index >= 15 is 0 Å². The number of fused-ring (bicyclic) bond motifs is 8. The van der Waals surface area contributed by atoms with Crippen molar-refractivity contribution in [3.8, 4) is 11.1 Å². The number of nitrogens with one attached hydrogen (secondary N) is 1. The summed E-state index contributed by atoms with van der Waals surface area (Å²) in [7, 11) is 0. The predicted molar refractivity (Wildman–Crippen MR) is 133 cm³/mol. The molecule has 1 N–H and O–H groups in total. The lowest BCUT2D eigenvalue weighted by Crippen LogP contribution is -1.79. The fourth-order valence-electron chi connectivity index (χ4n) is 4.40. The van der Waals surface area contributed by atoms with Crippen LogP contribution < -0.4 is 0 Å². The van der Waals surface area contributed by atoms with Crippen LogP contribution in [0.2, 0.25) is 0 Å². The molecule has 0 atom stereocenters. The Kier molecular flexibility index (Phi) is 3.45. The highest BCUT2D eigenvalue weighted by molar-refractivity contribution is 9.10. The molecule has 0 radical (unpaired) electrons. The van der Waals surface area contributed by atoms with Gasteiger partial charge >= 0.3 is 0 Å². The largest absolute Gasteiger partial charge is 0.293 e. The van der Waals surface area contributed by atoms with Crippen molar-refractivity contribution in [3.05, 3.63) is 71.2 Å². The highest BCUT2D eigenvalue weighted by atomic mass is 79.9. The summed E-state index contributed by atoms with van der Waals surface area (Å²) in [6, 6.07) is 23.9. The third kappa shape index (κ3) is 2.24. The average molecular weight is 486 g/mol. The number of aromatic amines is 1. The number of rotatable bonds is 1. The predicted octanol–water partition coefficient (Wildman–Crippen LogP) is 8.12. The normalized spacial score (nSPS) is 12.2. The van der Waals surface area contributed by atoms with Crippen LogP contribution in [0.4, 0.5) is 0 Å². The molecule has 0 aliphatic carbocycles. The van der Waals surface area contributed by atoms with Crippen molar-refractivity contribution in [2.45, 2.75) is 0 Å². The molecule has 0 aliphatic rings. The Morgan fingerprint density at radius 1 is 0.833 bits per heavy atom. The lowest BCUT2D eigenvalue weighted by molar-refractivity contribution is 1.54. The van der Waals surface area contributed by atoms with E-state index in [4.69, 9.17) is 4.98 Å². The lowest BCUT2D eigenvalue weighted by atomic mass is 10.0. The van der Waals surface area contributed by atoms with Gasteiger partial charge < -0.3 is 0 Å². The van der Waals surface area contributed by atoms with Gasteiger partial charge in [-0.05, 0) is 51.3 Å². The summed E-state index contributed by atoms with van der Waals surface area (Å²) in [5.41, 5.74) is 6.48. The van der Waals surface area contributed by atoms with Crippen molar-refractivity contribution in [2.75, 3.05) is 0 Å². The molecule has 3 aromatic heterocycles. The lowest BCUT2D eigenvalue weighted by Gasteiger charge is -2.04. The Morgan fingerprint density at radius 2 is 1.73 bits per heavy atom. The molecule has 142 valence electrons. The molecular weight excluding hydrogens is 474 g/mol. The number of H-pyrrole nitrogens is 1. The molecule has 3 heterocycles. The Bertz CT molecular complexity index is 1770. The van der Waals surface area contributed by atoms with Gasteiger partial charge in [-0.15, -0.1) is 11.3 Å². The number of hydrogen-bond acceptors (Lipinski definition) is 4. The fraction of sp³-hybridized carbons (Fsp3) is 0. The first kappa shape index (κ1) is 16.9. The van der Waals surface area contributed by atoms with Crippen LogP contribution in [-0.2, 0) is 0 Å². The summed E-state index contributed by atoms with van der Waals surface area (Å²) in [5, 5.41) is 4.95. The van der Waals surface area contributed by atoms with E-state index < -0.39 is 0 Å². The molecule has 6 heteroatoms. The third-order valence-corrected chi connectivity index (χ3v) is 8.13. The van der Waals surface area contributed by atoms with Gasteiger partial charge in [-0.2, -0.15) is 4.37 Å². The number of hydrogen-bond donors (Lipinski definition) is 1. The average Bonchev–Trinajstić information content (AvgIpc) is 3.47. The molecule has 0 bridgehead atoms. The highest BCUT2D eigenvalue weighted by Crippen LogP contribution is 2.42. The smallest absolute Gasteiger partial charge is 0.117 e. The van der Waals surface area contributed by atoms with E-state index in [0.717, 1.165) is 37.3 Å². The van der Waals surface area contributed by atoms with Crippen LogP contribution in [0.1, 0.15) is 0 Å². The molecule has 0 saturated carbocycles. The summed E-state index contributed by atoms with van der Waals surface area (Å²) < 4.78 is 11.5. The van der Waals surface area contributed by atoms with Crippen molar-refractivity contribution >= 4 is 92.0 Å². The van der Waals surface area contributed by atoms with Gasteiger partial charge in [0.2, 0.25) is 0 Å². The molecule has 0 amide bonds. The second-order valence-corrected chi connectivity index (χ2v) is 9.86. The Balaban J connectivity index is 1.57. The van der Waals surface area contributed by atoms with Gasteiger partial charge in [-0.3, -0.25) is 4.37 Å². The summed E-state index contributed by atoms with van der Waals surface area (Å²) in [6.45, 7) is 0. The Labute approximate surface area is 187 Å². The zero-order valence-electron chi connectivity index (χ0n) is 15.4. The molecule has 0 unspecified atom stereocenters. The van der Waals surface area contributed by atoms with Crippen LogP contribution in [0, 0.1) is 0 Å². The van der Waals surface area contributed by atoms with E-state index in [1.807, 2.05) is 11.3 Å². The maximum atomic E-state index is 4.87. The first-order valence-corrected chi connectivity index (χ1v) is 11.9. The number of thiophene rings is 1. The van der Waals surface area contributed by atoms with Crippen molar-refractivity contribution in [2.24, 2.45) is 0 Å². The summed E-state index contributed by atoms with van der Waals surface area (Å²) in [6.07, 6.45) is 0.